The molecule has 0 radical (unpaired) electrons. The van der Waals surface area contributed by atoms with E-state index < -0.39 is 0 Å². The van der Waals surface area contributed by atoms with Crippen molar-refractivity contribution in [2.45, 2.75) is 77.3 Å². The number of phenols is 1. The normalized spacial score (nSPS) is 24.5. The van der Waals surface area contributed by atoms with Crippen molar-refractivity contribution in [3.8, 4) is 5.75 Å². The fraction of sp³-hybridized carbons (Fsp3) is 0.684. The molecule has 3 unspecified atom stereocenters. The maximum absolute atomic E-state index is 9.31. The number of hydrogen-bond donors (Lipinski definition) is 2. The Balaban J connectivity index is 1.71. The molecule has 1 aliphatic rings. The second-order valence-electron chi connectivity index (χ2n) is 6.75. The van der Waals surface area contributed by atoms with Crippen LogP contribution in [-0.2, 0) is 6.42 Å². The van der Waals surface area contributed by atoms with E-state index in [0.717, 1.165) is 18.4 Å². The molecule has 2 heteroatoms. The van der Waals surface area contributed by atoms with Gasteiger partial charge in [0, 0.05) is 12.1 Å². The van der Waals surface area contributed by atoms with E-state index in [-0.39, 0.29) is 0 Å². The second kappa shape index (κ2) is 8.43. The maximum Gasteiger partial charge on any atom is 0.115 e. The van der Waals surface area contributed by atoms with Gasteiger partial charge in [-0.2, -0.15) is 0 Å². The van der Waals surface area contributed by atoms with Crippen LogP contribution in [0.5, 0.6) is 5.75 Å². The number of aryl methyl sites for hydroxylation is 1. The maximum atomic E-state index is 9.31. The highest BCUT2D eigenvalue weighted by Gasteiger charge is 2.18. The molecule has 0 heterocycles. The molecule has 3 atom stereocenters. The van der Waals surface area contributed by atoms with Crippen LogP contribution in [0.4, 0.5) is 0 Å². The van der Waals surface area contributed by atoms with Crippen LogP contribution >= 0.6 is 0 Å². The van der Waals surface area contributed by atoms with Gasteiger partial charge in [-0.1, -0.05) is 38.3 Å². The number of phenolic OH excluding ortho intramolecular Hbond substituents is 1. The summed E-state index contributed by atoms with van der Waals surface area (Å²) in [5.74, 6) is 1.32. The Kier molecular flexibility index (Phi) is 6.56. The number of benzene rings is 1. The zero-order valence-electron chi connectivity index (χ0n) is 13.6. The molecule has 2 N–H and O–H groups in total. The molecule has 2 nitrogen and oxygen atoms in total. The second-order valence-corrected chi connectivity index (χ2v) is 6.75. The van der Waals surface area contributed by atoms with E-state index >= 15 is 0 Å². The van der Waals surface area contributed by atoms with Crippen LogP contribution < -0.4 is 5.32 Å². The van der Waals surface area contributed by atoms with E-state index in [2.05, 4.69) is 19.2 Å². The van der Waals surface area contributed by atoms with Gasteiger partial charge in [0.25, 0.3) is 0 Å². The highest BCUT2D eigenvalue weighted by Crippen LogP contribution is 2.25. The van der Waals surface area contributed by atoms with Gasteiger partial charge in [0.15, 0.2) is 0 Å². The minimum absolute atomic E-state index is 0.355. The fourth-order valence-corrected chi connectivity index (χ4v) is 3.48. The molecule has 2 rings (SSSR count). The number of hydrogen-bond acceptors (Lipinski definition) is 2. The molecule has 118 valence electrons. The zero-order chi connectivity index (χ0) is 15.1. The smallest absolute Gasteiger partial charge is 0.115 e. The van der Waals surface area contributed by atoms with Crippen molar-refractivity contribution in [3.63, 3.8) is 0 Å². The highest BCUT2D eigenvalue weighted by atomic mass is 16.3. The van der Waals surface area contributed by atoms with Crippen molar-refractivity contribution in [3.05, 3.63) is 29.8 Å². The standard InChI is InChI=1S/C19H31NO/c1-3-16-5-4-6-18(12-9-16)20-15(2)7-8-17-10-13-19(21)14-11-17/h10-11,13-16,18,20-21H,3-9,12H2,1-2H3. The molecule has 1 aromatic carbocycles. The summed E-state index contributed by atoms with van der Waals surface area (Å²) in [6, 6.07) is 8.91. The van der Waals surface area contributed by atoms with Crippen molar-refractivity contribution in [1.29, 1.82) is 0 Å². The molecular weight excluding hydrogens is 258 g/mol. The van der Waals surface area contributed by atoms with Gasteiger partial charge in [0.05, 0.1) is 0 Å². The minimum Gasteiger partial charge on any atom is -0.508 e. The molecule has 1 aliphatic carbocycles. The molecule has 0 spiro atoms. The van der Waals surface area contributed by atoms with Crippen molar-refractivity contribution in [2.75, 3.05) is 0 Å². The monoisotopic (exact) mass is 289 g/mol. The van der Waals surface area contributed by atoms with Crippen molar-refractivity contribution >= 4 is 0 Å². The summed E-state index contributed by atoms with van der Waals surface area (Å²) in [4.78, 5) is 0. The third-order valence-corrected chi connectivity index (χ3v) is 4.99. The molecular formula is C19H31NO. The number of nitrogens with one attached hydrogen (secondary N) is 1. The molecule has 0 saturated heterocycles. The van der Waals surface area contributed by atoms with Crippen molar-refractivity contribution < 1.29 is 5.11 Å². The average Bonchev–Trinajstić information content (AvgIpc) is 2.72. The summed E-state index contributed by atoms with van der Waals surface area (Å²) in [5.41, 5.74) is 1.31. The SMILES string of the molecule is CCC1CCCC(NC(C)CCc2ccc(O)cc2)CC1. The lowest BCUT2D eigenvalue weighted by Gasteiger charge is -2.22. The first kappa shape index (κ1) is 16.4. The van der Waals surface area contributed by atoms with Gasteiger partial charge in [-0.25, -0.2) is 0 Å². The third-order valence-electron chi connectivity index (χ3n) is 4.99. The Hall–Kier alpha value is -1.02. The summed E-state index contributed by atoms with van der Waals surface area (Å²) >= 11 is 0. The Morgan fingerprint density at radius 3 is 2.62 bits per heavy atom. The summed E-state index contributed by atoms with van der Waals surface area (Å²) in [6.07, 6.45) is 10.5. The van der Waals surface area contributed by atoms with E-state index in [4.69, 9.17) is 0 Å². The molecule has 0 bridgehead atoms. The van der Waals surface area contributed by atoms with Gasteiger partial charge < -0.3 is 10.4 Å². The van der Waals surface area contributed by atoms with Crippen molar-refractivity contribution in [1.82, 2.24) is 5.32 Å². The first-order valence-corrected chi connectivity index (χ1v) is 8.71. The van der Waals surface area contributed by atoms with E-state index in [0.29, 0.717) is 11.8 Å². The van der Waals surface area contributed by atoms with E-state index in [1.165, 1.54) is 50.5 Å². The Bertz CT molecular complexity index is 401. The van der Waals surface area contributed by atoms with Crippen LogP contribution in [0, 0.1) is 5.92 Å². The van der Waals surface area contributed by atoms with Crippen LogP contribution in [0.1, 0.15) is 64.4 Å². The lowest BCUT2D eigenvalue weighted by Crippen LogP contribution is -2.36. The summed E-state index contributed by atoms with van der Waals surface area (Å²) in [5, 5.41) is 13.1. The van der Waals surface area contributed by atoms with Crippen LogP contribution in [0.15, 0.2) is 24.3 Å². The zero-order valence-corrected chi connectivity index (χ0v) is 13.6. The van der Waals surface area contributed by atoms with Gasteiger partial charge in [0.1, 0.15) is 5.75 Å². The van der Waals surface area contributed by atoms with E-state index in [1.54, 1.807) is 12.1 Å². The van der Waals surface area contributed by atoms with Gasteiger partial charge in [-0.3, -0.25) is 0 Å². The number of aromatic hydroxyl groups is 1. The summed E-state index contributed by atoms with van der Waals surface area (Å²) in [6.45, 7) is 4.64. The molecule has 0 aliphatic heterocycles. The Morgan fingerprint density at radius 2 is 1.90 bits per heavy atom. The van der Waals surface area contributed by atoms with Crippen LogP contribution in [0.2, 0.25) is 0 Å². The van der Waals surface area contributed by atoms with Gasteiger partial charge in [0.2, 0.25) is 0 Å². The first-order chi connectivity index (χ1) is 10.2. The Morgan fingerprint density at radius 1 is 1.14 bits per heavy atom. The molecule has 21 heavy (non-hydrogen) atoms. The van der Waals surface area contributed by atoms with Crippen LogP contribution in [-0.4, -0.2) is 17.2 Å². The fourth-order valence-electron chi connectivity index (χ4n) is 3.48. The predicted molar refractivity (Wildman–Crippen MR) is 89.7 cm³/mol. The highest BCUT2D eigenvalue weighted by molar-refractivity contribution is 5.25. The third kappa shape index (κ3) is 5.70. The van der Waals surface area contributed by atoms with Gasteiger partial charge in [-0.05, 0) is 62.6 Å². The van der Waals surface area contributed by atoms with Crippen LogP contribution in [0.25, 0.3) is 0 Å². The Labute approximate surface area is 130 Å². The average molecular weight is 289 g/mol. The van der Waals surface area contributed by atoms with Gasteiger partial charge >= 0.3 is 0 Å². The lowest BCUT2D eigenvalue weighted by molar-refractivity contribution is 0.384. The molecule has 0 aromatic heterocycles. The predicted octanol–water partition coefficient (Wildman–Crippen LogP) is 4.66. The lowest BCUT2D eigenvalue weighted by atomic mass is 9.97. The minimum atomic E-state index is 0.355. The quantitative estimate of drug-likeness (QED) is 0.746. The number of rotatable bonds is 6. The van der Waals surface area contributed by atoms with Crippen LogP contribution in [0.3, 0.4) is 0 Å². The topological polar surface area (TPSA) is 32.3 Å². The van der Waals surface area contributed by atoms with E-state index in [1.807, 2.05) is 12.1 Å². The first-order valence-electron chi connectivity index (χ1n) is 8.71. The largest absolute Gasteiger partial charge is 0.508 e. The molecule has 1 fully saturated rings. The summed E-state index contributed by atoms with van der Waals surface area (Å²) in [7, 11) is 0. The van der Waals surface area contributed by atoms with Crippen molar-refractivity contribution in [2.24, 2.45) is 5.92 Å². The summed E-state index contributed by atoms with van der Waals surface area (Å²) < 4.78 is 0. The molecule has 1 saturated carbocycles. The molecule has 1 aromatic rings. The van der Waals surface area contributed by atoms with Gasteiger partial charge in [-0.15, -0.1) is 0 Å². The molecule has 0 amide bonds. The van der Waals surface area contributed by atoms with E-state index in [9.17, 15) is 5.11 Å².